The summed E-state index contributed by atoms with van der Waals surface area (Å²) in [5.74, 6) is -1.39. The van der Waals surface area contributed by atoms with Gasteiger partial charge in [0.05, 0.1) is 0 Å². The number of nitrogens with one attached hydrogen (secondary N) is 2. The molecule has 1 aromatic heterocycles. The molecule has 92 valence electrons. The third-order valence-corrected chi connectivity index (χ3v) is 2.09. The SMILES string of the molecule is Cc1ccc(C(=O)O)c(NNC(=O)C(C)C)n1. The first kappa shape index (κ1) is 13.0. The van der Waals surface area contributed by atoms with Crippen molar-refractivity contribution in [3.63, 3.8) is 0 Å². The molecule has 17 heavy (non-hydrogen) atoms. The van der Waals surface area contributed by atoms with E-state index in [4.69, 9.17) is 5.11 Å². The fraction of sp³-hybridized carbons (Fsp3) is 0.364. The Morgan fingerprint density at radius 3 is 2.53 bits per heavy atom. The van der Waals surface area contributed by atoms with Gasteiger partial charge in [0.1, 0.15) is 5.56 Å². The van der Waals surface area contributed by atoms with Crippen LogP contribution in [0.25, 0.3) is 0 Å². The number of carbonyl (C=O) groups is 2. The number of hydrogen-bond acceptors (Lipinski definition) is 4. The second-order valence-electron chi connectivity index (χ2n) is 3.92. The summed E-state index contributed by atoms with van der Waals surface area (Å²) < 4.78 is 0. The van der Waals surface area contributed by atoms with Gasteiger partial charge in [-0.2, -0.15) is 0 Å². The number of rotatable bonds is 4. The molecule has 0 aliphatic rings. The van der Waals surface area contributed by atoms with Crippen LogP contribution in [0, 0.1) is 12.8 Å². The van der Waals surface area contributed by atoms with E-state index >= 15 is 0 Å². The Hall–Kier alpha value is -2.11. The van der Waals surface area contributed by atoms with Gasteiger partial charge in [0.25, 0.3) is 0 Å². The third kappa shape index (κ3) is 3.44. The van der Waals surface area contributed by atoms with Gasteiger partial charge in [-0.25, -0.2) is 9.78 Å². The molecule has 0 saturated carbocycles. The molecule has 3 N–H and O–H groups in total. The molecule has 1 amide bonds. The summed E-state index contributed by atoms with van der Waals surface area (Å²) >= 11 is 0. The number of amides is 1. The predicted octanol–water partition coefficient (Wildman–Crippen LogP) is 1.19. The van der Waals surface area contributed by atoms with E-state index in [2.05, 4.69) is 15.8 Å². The lowest BCUT2D eigenvalue weighted by Crippen LogP contribution is -2.33. The van der Waals surface area contributed by atoms with Gasteiger partial charge in [0.15, 0.2) is 5.82 Å². The van der Waals surface area contributed by atoms with E-state index in [9.17, 15) is 9.59 Å². The lowest BCUT2D eigenvalue weighted by atomic mass is 10.2. The average molecular weight is 237 g/mol. The number of hydrogen-bond donors (Lipinski definition) is 3. The molecule has 0 fully saturated rings. The van der Waals surface area contributed by atoms with Crippen LogP contribution in [-0.2, 0) is 4.79 Å². The van der Waals surface area contributed by atoms with Crippen molar-refractivity contribution in [3.8, 4) is 0 Å². The Morgan fingerprint density at radius 2 is 2.00 bits per heavy atom. The smallest absolute Gasteiger partial charge is 0.339 e. The molecule has 1 rings (SSSR count). The molecule has 0 unspecified atom stereocenters. The lowest BCUT2D eigenvalue weighted by molar-refractivity contribution is -0.123. The number of carboxylic acid groups (broad SMARTS) is 1. The van der Waals surface area contributed by atoms with Gasteiger partial charge in [-0.3, -0.25) is 15.6 Å². The Kier molecular flexibility index (Phi) is 4.03. The summed E-state index contributed by atoms with van der Waals surface area (Å²) in [6.07, 6.45) is 0. The van der Waals surface area contributed by atoms with Crippen LogP contribution in [-0.4, -0.2) is 22.0 Å². The maximum Gasteiger partial charge on any atom is 0.339 e. The monoisotopic (exact) mass is 237 g/mol. The molecule has 0 radical (unpaired) electrons. The zero-order valence-electron chi connectivity index (χ0n) is 9.94. The molecule has 1 aromatic rings. The number of anilines is 1. The Balaban J connectivity index is 2.86. The van der Waals surface area contributed by atoms with Crippen LogP contribution in [0.3, 0.4) is 0 Å². The average Bonchev–Trinajstić information content (AvgIpc) is 2.25. The van der Waals surface area contributed by atoms with Gasteiger partial charge >= 0.3 is 5.97 Å². The number of aromatic nitrogens is 1. The fourth-order valence-corrected chi connectivity index (χ4v) is 1.09. The molecular formula is C11H15N3O3. The molecule has 0 saturated heterocycles. The minimum atomic E-state index is -1.10. The number of hydrazine groups is 1. The van der Waals surface area contributed by atoms with Gasteiger partial charge in [-0.1, -0.05) is 13.8 Å². The first-order valence-corrected chi connectivity index (χ1v) is 5.18. The van der Waals surface area contributed by atoms with Crippen molar-refractivity contribution in [1.29, 1.82) is 0 Å². The molecule has 0 atom stereocenters. The summed E-state index contributed by atoms with van der Waals surface area (Å²) in [6.45, 7) is 5.21. The van der Waals surface area contributed by atoms with E-state index < -0.39 is 5.97 Å². The highest BCUT2D eigenvalue weighted by molar-refractivity contribution is 5.93. The van der Waals surface area contributed by atoms with Gasteiger partial charge in [0, 0.05) is 11.6 Å². The van der Waals surface area contributed by atoms with E-state index in [-0.39, 0.29) is 23.2 Å². The van der Waals surface area contributed by atoms with Crippen LogP contribution in [0.4, 0.5) is 5.82 Å². The first-order chi connectivity index (χ1) is 7.91. The van der Waals surface area contributed by atoms with Gasteiger partial charge in [-0.15, -0.1) is 0 Å². The Bertz CT molecular complexity index is 444. The highest BCUT2D eigenvalue weighted by atomic mass is 16.4. The number of aromatic carboxylic acids is 1. The number of carboxylic acids is 1. The molecule has 1 heterocycles. The zero-order chi connectivity index (χ0) is 13.0. The van der Waals surface area contributed by atoms with E-state index in [1.54, 1.807) is 26.8 Å². The summed E-state index contributed by atoms with van der Waals surface area (Å²) in [6, 6.07) is 3.04. The molecule has 0 aromatic carbocycles. The van der Waals surface area contributed by atoms with Crippen molar-refractivity contribution < 1.29 is 14.7 Å². The summed E-state index contributed by atoms with van der Waals surface area (Å²) in [5.41, 5.74) is 5.61. The molecule has 6 heteroatoms. The summed E-state index contributed by atoms with van der Waals surface area (Å²) in [5, 5.41) is 8.94. The van der Waals surface area contributed by atoms with E-state index in [1.807, 2.05) is 0 Å². The zero-order valence-corrected chi connectivity index (χ0v) is 9.94. The van der Waals surface area contributed by atoms with Crippen LogP contribution in [0.2, 0.25) is 0 Å². The molecule has 0 spiro atoms. The molecule has 0 aliphatic carbocycles. The van der Waals surface area contributed by atoms with Crippen molar-refractivity contribution in [2.24, 2.45) is 5.92 Å². The van der Waals surface area contributed by atoms with Crippen LogP contribution in [0.1, 0.15) is 29.9 Å². The van der Waals surface area contributed by atoms with Crippen molar-refractivity contribution in [2.75, 3.05) is 5.43 Å². The Morgan fingerprint density at radius 1 is 1.35 bits per heavy atom. The Labute approximate surface area is 99.0 Å². The molecule has 0 bridgehead atoms. The first-order valence-electron chi connectivity index (χ1n) is 5.18. The van der Waals surface area contributed by atoms with Crippen molar-refractivity contribution >= 4 is 17.7 Å². The van der Waals surface area contributed by atoms with Crippen LogP contribution >= 0.6 is 0 Å². The normalized spacial score (nSPS) is 10.1. The molecule has 0 aliphatic heterocycles. The predicted molar refractivity (Wildman–Crippen MR) is 62.5 cm³/mol. The molecular weight excluding hydrogens is 222 g/mol. The highest BCUT2D eigenvalue weighted by Gasteiger charge is 2.13. The van der Waals surface area contributed by atoms with Crippen LogP contribution in [0.5, 0.6) is 0 Å². The second-order valence-corrected chi connectivity index (χ2v) is 3.92. The highest BCUT2D eigenvalue weighted by Crippen LogP contribution is 2.12. The topological polar surface area (TPSA) is 91.3 Å². The maximum absolute atomic E-state index is 11.3. The van der Waals surface area contributed by atoms with Crippen LogP contribution < -0.4 is 10.9 Å². The fourth-order valence-electron chi connectivity index (χ4n) is 1.09. The number of aryl methyl sites for hydroxylation is 1. The standard InChI is InChI=1S/C11H15N3O3/c1-6(2)10(15)14-13-9-8(11(16)17)5-4-7(3)12-9/h4-6H,1-3H3,(H,12,13)(H,14,15)(H,16,17). The molecule has 6 nitrogen and oxygen atoms in total. The summed E-state index contributed by atoms with van der Waals surface area (Å²) in [4.78, 5) is 26.3. The minimum absolute atomic E-state index is 0.0136. The van der Waals surface area contributed by atoms with Crippen molar-refractivity contribution in [1.82, 2.24) is 10.4 Å². The maximum atomic E-state index is 11.3. The number of carbonyl (C=O) groups excluding carboxylic acids is 1. The third-order valence-electron chi connectivity index (χ3n) is 2.09. The van der Waals surface area contributed by atoms with Crippen molar-refractivity contribution in [2.45, 2.75) is 20.8 Å². The van der Waals surface area contributed by atoms with E-state index in [0.717, 1.165) is 0 Å². The second kappa shape index (κ2) is 5.29. The van der Waals surface area contributed by atoms with Crippen LogP contribution in [0.15, 0.2) is 12.1 Å². The van der Waals surface area contributed by atoms with Crippen molar-refractivity contribution in [3.05, 3.63) is 23.4 Å². The largest absolute Gasteiger partial charge is 0.478 e. The quantitative estimate of drug-likeness (QED) is 0.684. The minimum Gasteiger partial charge on any atom is -0.478 e. The number of nitrogens with zero attached hydrogens (tertiary/aromatic N) is 1. The van der Waals surface area contributed by atoms with Gasteiger partial charge in [-0.05, 0) is 19.1 Å². The lowest BCUT2D eigenvalue weighted by Gasteiger charge is -2.12. The van der Waals surface area contributed by atoms with Gasteiger partial charge < -0.3 is 5.11 Å². The summed E-state index contributed by atoms with van der Waals surface area (Å²) in [7, 11) is 0. The van der Waals surface area contributed by atoms with E-state index in [0.29, 0.717) is 5.69 Å². The van der Waals surface area contributed by atoms with E-state index in [1.165, 1.54) is 6.07 Å². The van der Waals surface area contributed by atoms with Gasteiger partial charge in [0.2, 0.25) is 5.91 Å². The number of pyridine rings is 1.